The highest BCUT2D eigenvalue weighted by molar-refractivity contribution is 8.19. The summed E-state index contributed by atoms with van der Waals surface area (Å²) in [4.78, 5) is 31.4. The molecule has 154 valence electrons. The summed E-state index contributed by atoms with van der Waals surface area (Å²) in [5.41, 5.74) is 2.99. The van der Waals surface area contributed by atoms with E-state index >= 15 is 0 Å². The third kappa shape index (κ3) is 4.40. The molecule has 1 aliphatic heterocycles. The second-order valence-corrected chi connectivity index (χ2v) is 8.20. The van der Waals surface area contributed by atoms with Crippen molar-refractivity contribution in [3.05, 3.63) is 99.9 Å². The van der Waals surface area contributed by atoms with Crippen molar-refractivity contribution < 1.29 is 14.7 Å². The van der Waals surface area contributed by atoms with Gasteiger partial charge < -0.3 is 5.11 Å². The fourth-order valence-corrected chi connectivity index (χ4v) is 4.32. The number of nitrogens with zero attached hydrogens (tertiary/aromatic N) is 2. The fourth-order valence-electron chi connectivity index (χ4n) is 3.13. The molecule has 3 aromatic carbocycles. The van der Waals surface area contributed by atoms with E-state index in [1.165, 1.54) is 23.9 Å². The number of amides is 1. The molecule has 1 saturated heterocycles. The van der Waals surface area contributed by atoms with Gasteiger partial charge in [0.2, 0.25) is 0 Å². The Hall–Kier alpha value is -3.35. The summed E-state index contributed by atoms with van der Waals surface area (Å²) in [5, 5.41) is 10.4. The number of para-hydroxylation sites is 1. The minimum atomic E-state index is -1.03. The summed E-state index contributed by atoms with van der Waals surface area (Å²) in [6.07, 6.45) is 0. The Morgan fingerprint density at radius 1 is 0.968 bits per heavy atom. The van der Waals surface area contributed by atoms with Gasteiger partial charge in [0.25, 0.3) is 5.91 Å². The standard InChI is InChI=1S/C24H17ClN2O3S/c1-15(16-10-12-18(25)13-11-16)21-22(28)27(20-8-3-2-4-9-20)24(31-21)26-19-7-5-6-17(14-19)23(29)30/h2-14H,1H3,(H,29,30)/b21-15-,26-24?. The molecule has 0 radical (unpaired) electrons. The van der Waals surface area contributed by atoms with E-state index in [1.54, 1.807) is 29.2 Å². The number of thioether (sulfide) groups is 1. The van der Waals surface area contributed by atoms with E-state index in [0.717, 1.165) is 11.1 Å². The first-order valence-electron chi connectivity index (χ1n) is 9.40. The number of aliphatic imine (C=N–C) groups is 1. The van der Waals surface area contributed by atoms with Crippen molar-refractivity contribution >= 4 is 57.4 Å². The van der Waals surface area contributed by atoms with Crippen LogP contribution in [-0.4, -0.2) is 22.2 Å². The van der Waals surface area contributed by atoms with Crippen LogP contribution in [0.1, 0.15) is 22.8 Å². The van der Waals surface area contributed by atoms with Crippen LogP contribution in [0.25, 0.3) is 5.57 Å². The second-order valence-electron chi connectivity index (χ2n) is 6.79. The first-order chi connectivity index (χ1) is 14.9. The quantitative estimate of drug-likeness (QED) is 0.480. The van der Waals surface area contributed by atoms with Crippen LogP contribution in [0.4, 0.5) is 11.4 Å². The molecule has 0 unspecified atom stereocenters. The van der Waals surface area contributed by atoms with E-state index in [0.29, 0.717) is 26.5 Å². The molecule has 0 atom stereocenters. The van der Waals surface area contributed by atoms with Gasteiger partial charge in [0.1, 0.15) is 0 Å². The Labute approximate surface area is 188 Å². The predicted octanol–water partition coefficient (Wildman–Crippen LogP) is 6.24. The lowest BCUT2D eigenvalue weighted by Gasteiger charge is -2.15. The van der Waals surface area contributed by atoms with Crippen LogP contribution >= 0.6 is 23.4 Å². The van der Waals surface area contributed by atoms with E-state index in [-0.39, 0.29) is 11.5 Å². The third-order valence-corrected chi connectivity index (χ3v) is 6.13. The molecular weight excluding hydrogens is 432 g/mol. The Balaban J connectivity index is 1.82. The van der Waals surface area contributed by atoms with Crippen LogP contribution in [0.3, 0.4) is 0 Å². The molecule has 1 heterocycles. The van der Waals surface area contributed by atoms with Gasteiger partial charge in [0.05, 0.1) is 21.8 Å². The molecule has 7 heteroatoms. The smallest absolute Gasteiger partial charge is 0.335 e. The van der Waals surface area contributed by atoms with Crippen molar-refractivity contribution in [1.82, 2.24) is 0 Å². The van der Waals surface area contributed by atoms with E-state index in [4.69, 9.17) is 11.6 Å². The molecule has 1 amide bonds. The molecule has 1 N–H and O–H groups in total. The number of aromatic carboxylic acids is 1. The molecular formula is C24H17ClN2O3S. The fraction of sp³-hybridized carbons (Fsp3) is 0.0417. The largest absolute Gasteiger partial charge is 0.478 e. The lowest BCUT2D eigenvalue weighted by atomic mass is 10.1. The van der Waals surface area contributed by atoms with Crippen molar-refractivity contribution in [2.24, 2.45) is 4.99 Å². The van der Waals surface area contributed by atoms with Gasteiger partial charge in [-0.1, -0.05) is 48.0 Å². The van der Waals surface area contributed by atoms with Crippen molar-refractivity contribution in [3.63, 3.8) is 0 Å². The van der Waals surface area contributed by atoms with Crippen LogP contribution in [0.5, 0.6) is 0 Å². The van der Waals surface area contributed by atoms with Gasteiger partial charge >= 0.3 is 5.97 Å². The van der Waals surface area contributed by atoms with E-state index < -0.39 is 5.97 Å². The minimum absolute atomic E-state index is 0.135. The summed E-state index contributed by atoms with van der Waals surface area (Å²) in [6.45, 7) is 1.89. The summed E-state index contributed by atoms with van der Waals surface area (Å²) in [6, 6.07) is 22.9. The van der Waals surface area contributed by atoms with Crippen molar-refractivity contribution in [2.75, 3.05) is 4.90 Å². The highest BCUT2D eigenvalue weighted by Gasteiger charge is 2.36. The molecule has 1 aliphatic rings. The maximum atomic E-state index is 13.4. The molecule has 31 heavy (non-hydrogen) atoms. The number of carboxylic acid groups (broad SMARTS) is 1. The van der Waals surface area contributed by atoms with E-state index in [2.05, 4.69) is 4.99 Å². The highest BCUT2D eigenvalue weighted by Crippen LogP contribution is 2.40. The average Bonchev–Trinajstić information content (AvgIpc) is 3.10. The van der Waals surface area contributed by atoms with Gasteiger partial charge in [-0.25, -0.2) is 9.79 Å². The summed E-state index contributed by atoms with van der Waals surface area (Å²) in [5.74, 6) is -1.21. The number of halogens is 1. The number of benzene rings is 3. The van der Waals surface area contributed by atoms with Crippen molar-refractivity contribution in [3.8, 4) is 0 Å². The number of hydrogen-bond acceptors (Lipinski definition) is 4. The maximum Gasteiger partial charge on any atom is 0.335 e. The topological polar surface area (TPSA) is 70.0 Å². The first-order valence-corrected chi connectivity index (χ1v) is 10.6. The minimum Gasteiger partial charge on any atom is -0.478 e. The van der Waals surface area contributed by atoms with Gasteiger partial charge in [-0.2, -0.15) is 0 Å². The number of hydrogen-bond donors (Lipinski definition) is 1. The van der Waals surface area contributed by atoms with Crippen LogP contribution in [-0.2, 0) is 4.79 Å². The maximum absolute atomic E-state index is 13.4. The van der Waals surface area contributed by atoms with E-state index in [9.17, 15) is 14.7 Å². The number of carbonyl (C=O) groups excluding carboxylic acids is 1. The lowest BCUT2D eigenvalue weighted by Crippen LogP contribution is -2.28. The molecule has 0 aliphatic carbocycles. The van der Waals surface area contributed by atoms with Crippen molar-refractivity contribution in [2.45, 2.75) is 6.92 Å². The third-order valence-electron chi connectivity index (χ3n) is 4.73. The van der Waals surface area contributed by atoms with Crippen LogP contribution in [0, 0.1) is 0 Å². The van der Waals surface area contributed by atoms with Gasteiger partial charge in [0, 0.05) is 5.02 Å². The molecule has 0 bridgehead atoms. The number of anilines is 1. The molecule has 0 spiro atoms. The van der Waals surface area contributed by atoms with E-state index in [1.807, 2.05) is 49.4 Å². The number of allylic oxidation sites excluding steroid dienone is 1. The van der Waals surface area contributed by atoms with Crippen molar-refractivity contribution in [1.29, 1.82) is 0 Å². The number of carboxylic acids is 1. The first kappa shape index (κ1) is 20.9. The monoisotopic (exact) mass is 448 g/mol. The highest BCUT2D eigenvalue weighted by atomic mass is 35.5. The van der Waals surface area contributed by atoms with Gasteiger partial charge in [-0.05, 0) is 72.3 Å². The second kappa shape index (κ2) is 8.79. The summed E-state index contributed by atoms with van der Waals surface area (Å²) < 4.78 is 0. The molecule has 3 aromatic rings. The Bertz CT molecular complexity index is 1220. The van der Waals surface area contributed by atoms with Gasteiger partial charge in [-0.15, -0.1) is 0 Å². The number of carbonyl (C=O) groups is 2. The Morgan fingerprint density at radius 3 is 2.35 bits per heavy atom. The summed E-state index contributed by atoms with van der Waals surface area (Å²) in [7, 11) is 0. The summed E-state index contributed by atoms with van der Waals surface area (Å²) >= 11 is 7.26. The average molecular weight is 449 g/mol. The number of amidine groups is 1. The lowest BCUT2D eigenvalue weighted by molar-refractivity contribution is -0.113. The van der Waals surface area contributed by atoms with Gasteiger partial charge in [0.15, 0.2) is 5.17 Å². The Kier molecular flexibility index (Phi) is 5.93. The normalized spacial score (nSPS) is 16.6. The zero-order valence-electron chi connectivity index (χ0n) is 16.4. The van der Waals surface area contributed by atoms with Crippen LogP contribution < -0.4 is 4.90 Å². The predicted molar refractivity (Wildman–Crippen MR) is 126 cm³/mol. The molecule has 0 saturated carbocycles. The SMILES string of the molecule is C/C(=C1/SC(=Nc2cccc(C(=O)O)c2)N(c2ccccc2)C1=O)c1ccc(Cl)cc1. The number of rotatable bonds is 4. The van der Waals surface area contributed by atoms with Gasteiger partial charge in [-0.3, -0.25) is 9.69 Å². The Morgan fingerprint density at radius 2 is 1.68 bits per heavy atom. The van der Waals surface area contributed by atoms with Crippen LogP contribution in [0.2, 0.25) is 5.02 Å². The zero-order chi connectivity index (χ0) is 22.0. The molecule has 0 aromatic heterocycles. The zero-order valence-corrected chi connectivity index (χ0v) is 18.0. The molecule has 4 rings (SSSR count). The van der Waals surface area contributed by atoms with Crippen LogP contribution in [0.15, 0.2) is 88.8 Å². The molecule has 1 fully saturated rings. The molecule has 5 nitrogen and oxygen atoms in total.